The van der Waals surface area contributed by atoms with Crippen molar-refractivity contribution >= 4 is 27.9 Å². The van der Waals surface area contributed by atoms with Gasteiger partial charge in [0, 0.05) is 17.8 Å². The van der Waals surface area contributed by atoms with Gasteiger partial charge in [0.25, 0.3) is 5.91 Å². The van der Waals surface area contributed by atoms with Crippen LogP contribution in [0.5, 0.6) is 5.75 Å². The molecule has 2 N–H and O–H groups in total. The van der Waals surface area contributed by atoms with Crippen LogP contribution < -0.4 is 5.32 Å². The number of thiophene rings is 1. The first kappa shape index (κ1) is 12.1. The predicted molar refractivity (Wildman–Crippen MR) is 67.0 cm³/mol. The van der Waals surface area contributed by atoms with Gasteiger partial charge < -0.3 is 10.4 Å². The average Bonchev–Trinajstić information content (AvgIpc) is 2.78. The highest BCUT2D eigenvalue weighted by Gasteiger charge is 2.15. The standard InChI is InChI=1S/C11H8N2O4S/c14-8-3-1-2-7(6-8)12-11(15)9-4-5-10(18-9)13(16)17/h1-6,14H,(H,12,15). The van der Waals surface area contributed by atoms with Crippen molar-refractivity contribution in [1.29, 1.82) is 0 Å². The summed E-state index contributed by atoms with van der Waals surface area (Å²) in [6, 6.07) is 8.73. The van der Waals surface area contributed by atoms with Crippen LogP contribution in [0.25, 0.3) is 0 Å². The fourth-order valence-electron chi connectivity index (χ4n) is 1.32. The molecule has 0 unspecified atom stereocenters. The summed E-state index contributed by atoms with van der Waals surface area (Å²) < 4.78 is 0. The number of carbonyl (C=O) groups is 1. The van der Waals surface area contributed by atoms with Crippen molar-refractivity contribution < 1.29 is 14.8 Å². The second kappa shape index (κ2) is 4.84. The van der Waals surface area contributed by atoms with E-state index in [0.29, 0.717) is 5.69 Å². The summed E-state index contributed by atoms with van der Waals surface area (Å²) >= 11 is 0.799. The van der Waals surface area contributed by atoms with Crippen molar-refractivity contribution in [2.75, 3.05) is 5.32 Å². The molecule has 0 saturated heterocycles. The highest BCUT2D eigenvalue weighted by atomic mass is 32.1. The molecule has 0 bridgehead atoms. The number of rotatable bonds is 3. The minimum atomic E-state index is -0.546. The van der Waals surface area contributed by atoms with Crippen molar-refractivity contribution in [2.45, 2.75) is 0 Å². The van der Waals surface area contributed by atoms with Gasteiger partial charge in [0.15, 0.2) is 0 Å². The molecule has 6 nitrogen and oxygen atoms in total. The molecule has 1 aromatic heterocycles. The number of phenolic OH excluding ortho intramolecular Hbond substituents is 1. The first-order valence-electron chi connectivity index (χ1n) is 4.91. The lowest BCUT2D eigenvalue weighted by Crippen LogP contribution is -2.09. The first-order valence-corrected chi connectivity index (χ1v) is 5.72. The first-order chi connectivity index (χ1) is 8.56. The smallest absolute Gasteiger partial charge is 0.324 e. The van der Waals surface area contributed by atoms with E-state index in [1.807, 2.05) is 0 Å². The molecule has 0 atom stereocenters. The Hall–Kier alpha value is -2.41. The average molecular weight is 264 g/mol. The summed E-state index contributed by atoms with van der Waals surface area (Å²) in [5, 5.41) is 22.2. The molecule has 0 fully saturated rings. The number of hydrogen-bond donors (Lipinski definition) is 2. The molecule has 92 valence electrons. The number of nitro groups is 1. The third-order valence-corrected chi connectivity index (χ3v) is 3.14. The fraction of sp³-hybridized carbons (Fsp3) is 0. The second-order valence-corrected chi connectivity index (χ2v) is 4.46. The lowest BCUT2D eigenvalue weighted by Gasteiger charge is -2.03. The van der Waals surface area contributed by atoms with Gasteiger partial charge in [-0.3, -0.25) is 14.9 Å². The number of nitrogens with one attached hydrogen (secondary N) is 1. The van der Waals surface area contributed by atoms with Crippen LogP contribution in [0.2, 0.25) is 0 Å². The summed E-state index contributed by atoms with van der Waals surface area (Å²) in [7, 11) is 0. The molecule has 7 heteroatoms. The van der Waals surface area contributed by atoms with Gasteiger partial charge in [-0.15, -0.1) is 0 Å². The van der Waals surface area contributed by atoms with E-state index in [1.54, 1.807) is 12.1 Å². The Labute approximate surface area is 106 Å². The van der Waals surface area contributed by atoms with Crippen molar-refractivity contribution in [1.82, 2.24) is 0 Å². The van der Waals surface area contributed by atoms with Gasteiger partial charge in [0.1, 0.15) is 5.75 Å². The molecule has 0 saturated carbocycles. The minimum Gasteiger partial charge on any atom is -0.508 e. The Balaban J connectivity index is 2.14. The lowest BCUT2D eigenvalue weighted by atomic mass is 10.3. The summed E-state index contributed by atoms with van der Waals surface area (Å²) in [6.45, 7) is 0. The third kappa shape index (κ3) is 2.64. The monoisotopic (exact) mass is 264 g/mol. The van der Waals surface area contributed by atoms with Crippen molar-refractivity contribution in [3.05, 3.63) is 51.4 Å². The molecule has 0 spiro atoms. The molecule has 0 radical (unpaired) electrons. The molecule has 1 aromatic carbocycles. The minimum absolute atomic E-state index is 0.0324. The zero-order valence-corrected chi connectivity index (χ0v) is 9.81. The summed E-state index contributed by atoms with van der Waals surface area (Å²) in [4.78, 5) is 21.9. The van der Waals surface area contributed by atoms with Crippen LogP contribution in [0.15, 0.2) is 36.4 Å². The Morgan fingerprint density at radius 2 is 2.11 bits per heavy atom. The summed E-state index contributed by atoms with van der Waals surface area (Å²) in [6.07, 6.45) is 0. The number of aromatic hydroxyl groups is 1. The zero-order chi connectivity index (χ0) is 13.1. The van der Waals surface area contributed by atoms with Crippen LogP contribution in [0.3, 0.4) is 0 Å². The van der Waals surface area contributed by atoms with Gasteiger partial charge in [-0.05, 0) is 18.2 Å². The summed E-state index contributed by atoms with van der Waals surface area (Å²) in [5.74, 6) is -0.413. The lowest BCUT2D eigenvalue weighted by molar-refractivity contribution is -0.380. The summed E-state index contributed by atoms with van der Waals surface area (Å²) in [5.41, 5.74) is 0.427. The van der Waals surface area contributed by atoms with Crippen LogP contribution in [0, 0.1) is 10.1 Å². The molecule has 0 aliphatic carbocycles. The number of amides is 1. The van der Waals surface area contributed by atoms with E-state index >= 15 is 0 Å². The van der Waals surface area contributed by atoms with Crippen molar-refractivity contribution in [3.8, 4) is 5.75 Å². The molecule has 2 aromatic rings. The van der Waals surface area contributed by atoms with E-state index in [1.165, 1.54) is 24.3 Å². The highest BCUT2D eigenvalue weighted by molar-refractivity contribution is 7.17. The van der Waals surface area contributed by atoms with E-state index in [9.17, 15) is 20.0 Å². The number of anilines is 1. The maximum Gasteiger partial charge on any atom is 0.324 e. The maximum atomic E-state index is 11.8. The fourth-order valence-corrected chi connectivity index (χ4v) is 2.04. The molecule has 0 aliphatic rings. The van der Waals surface area contributed by atoms with Gasteiger partial charge in [0.2, 0.25) is 0 Å². The number of nitrogens with zero attached hydrogens (tertiary/aromatic N) is 1. The largest absolute Gasteiger partial charge is 0.508 e. The van der Waals surface area contributed by atoms with Crippen LogP contribution >= 0.6 is 11.3 Å². The third-order valence-electron chi connectivity index (χ3n) is 2.10. The van der Waals surface area contributed by atoms with Crippen molar-refractivity contribution in [3.63, 3.8) is 0 Å². The number of hydrogen-bond acceptors (Lipinski definition) is 5. The Morgan fingerprint density at radius 1 is 1.33 bits per heavy atom. The molecular formula is C11H8N2O4S. The Morgan fingerprint density at radius 3 is 2.72 bits per heavy atom. The zero-order valence-electron chi connectivity index (χ0n) is 8.99. The number of benzene rings is 1. The van der Waals surface area contributed by atoms with E-state index in [0.717, 1.165) is 11.3 Å². The molecular weight excluding hydrogens is 256 g/mol. The molecule has 18 heavy (non-hydrogen) atoms. The van der Waals surface area contributed by atoms with Gasteiger partial charge in [-0.2, -0.15) is 0 Å². The second-order valence-electron chi connectivity index (χ2n) is 3.40. The van der Waals surface area contributed by atoms with Gasteiger partial charge in [0.05, 0.1) is 9.80 Å². The molecule has 1 heterocycles. The van der Waals surface area contributed by atoms with Gasteiger partial charge in [-0.25, -0.2) is 0 Å². The predicted octanol–water partition coefficient (Wildman–Crippen LogP) is 2.61. The SMILES string of the molecule is O=C(Nc1cccc(O)c1)c1ccc([N+](=O)[O-])s1. The van der Waals surface area contributed by atoms with Crippen LogP contribution in [0.1, 0.15) is 9.67 Å². The van der Waals surface area contributed by atoms with E-state index in [-0.39, 0.29) is 15.6 Å². The Bertz CT molecular complexity index is 609. The van der Waals surface area contributed by atoms with Crippen LogP contribution in [-0.2, 0) is 0 Å². The quantitative estimate of drug-likeness (QED) is 0.658. The highest BCUT2D eigenvalue weighted by Crippen LogP contribution is 2.25. The topological polar surface area (TPSA) is 92.5 Å². The number of phenols is 1. The Kier molecular flexibility index (Phi) is 3.24. The number of carbonyl (C=O) groups excluding carboxylic acids is 1. The maximum absolute atomic E-state index is 11.8. The molecule has 0 aliphatic heterocycles. The van der Waals surface area contributed by atoms with Gasteiger partial charge >= 0.3 is 5.00 Å². The van der Waals surface area contributed by atoms with E-state index < -0.39 is 10.8 Å². The molecule has 2 rings (SSSR count). The molecule has 1 amide bonds. The van der Waals surface area contributed by atoms with Crippen LogP contribution in [-0.4, -0.2) is 15.9 Å². The normalized spacial score (nSPS) is 10.0. The van der Waals surface area contributed by atoms with Crippen LogP contribution in [0.4, 0.5) is 10.7 Å². The van der Waals surface area contributed by atoms with Crippen molar-refractivity contribution in [2.24, 2.45) is 0 Å². The van der Waals surface area contributed by atoms with Gasteiger partial charge in [-0.1, -0.05) is 17.4 Å². The van der Waals surface area contributed by atoms with E-state index in [4.69, 9.17) is 0 Å². The van der Waals surface area contributed by atoms with E-state index in [2.05, 4.69) is 5.32 Å².